The fourth-order valence-electron chi connectivity index (χ4n) is 6.47. The predicted octanol–water partition coefficient (Wildman–Crippen LogP) is 2.72. The van der Waals surface area contributed by atoms with Crippen molar-refractivity contribution in [2.45, 2.75) is 62.9 Å². The van der Waals surface area contributed by atoms with E-state index in [9.17, 15) is 34.0 Å². The number of carbonyl (C=O) groups is 2. The van der Waals surface area contributed by atoms with Gasteiger partial charge in [-0.25, -0.2) is 29.1 Å². The second-order valence-electron chi connectivity index (χ2n) is 13.4. The number of ether oxygens (including phenoxy) is 4. The van der Waals surface area contributed by atoms with Crippen LogP contribution in [0.1, 0.15) is 48.6 Å². The van der Waals surface area contributed by atoms with Crippen molar-refractivity contribution in [1.29, 1.82) is 0 Å². The number of aliphatic hydroxyl groups excluding tert-OH is 2. The summed E-state index contributed by atoms with van der Waals surface area (Å²) < 4.78 is 52.3. The van der Waals surface area contributed by atoms with E-state index in [4.69, 9.17) is 33.7 Å². The molecule has 0 spiro atoms. The van der Waals surface area contributed by atoms with Crippen molar-refractivity contribution in [3.8, 4) is 11.5 Å². The molecule has 5 heterocycles. The maximum Gasteiger partial charge on any atom is 0.389 e. The zero-order chi connectivity index (χ0) is 41.1. The molecule has 5 N–H and O–H groups in total. The third-order valence-electron chi connectivity index (χ3n) is 9.38. The Morgan fingerprint density at radius 1 is 1.00 bits per heavy atom. The minimum atomic E-state index is -4.24. The fourth-order valence-corrected chi connectivity index (χ4v) is 9.93. The number of nitrogens with two attached hydrogens (primary N) is 1. The highest BCUT2D eigenvalue weighted by Gasteiger charge is 2.48. The Balaban J connectivity index is 1.06. The van der Waals surface area contributed by atoms with E-state index in [2.05, 4.69) is 19.9 Å². The number of anilines is 1. The Morgan fingerprint density at radius 2 is 1.72 bits per heavy atom. The topological polar surface area (TPSA) is 272 Å². The highest BCUT2D eigenvalue weighted by molar-refractivity contribution is 8.54. The summed E-state index contributed by atoms with van der Waals surface area (Å²) in [6.07, 6.45) is -1.74. The SMILES string of the molecule is CC(=O)Oc1ccc(C(=O)Oc2ccc(CSP(=O)(OC[C@H]3O[C@@H](n4cnc5c(N)ncnc54)CC3O)OC3[C@@H](CO)O[C@@H](n4ccc(=O)[nH]c4=O)[C@H]3C)cc2)cc1. The van der Waals surface area contributed by atoms with E-state index >= 15 is 0 Å². The van der Waals surface area contributed by atoms with Crippen LogP contribution in [0.25, 0.3) is 11.2 Å². The van der Waals surface area contributed by atoms with Gasteiger partial charge in [-0.1, -0.05) is 19.1 Å². The number of nitrogens with one attached hydrogen (secondary N) is 1. The third-order valence-corrected chi connectivity index (χ3v) is 13.0. The van der Waals surface area contributed by atoms with Crippen LogP contribution in [0.15, 0.2) is 83.0 Å². The smallest absolute Gasteiger partial charge is 0.389 e. The van der Waals surface area contributed by atoms with Gasteiger partial charge in [0.05, 0.1) is 31.2 Å². The highest BCUT2D eigenvalue weighted by Crippen LogP contribution is 2.64. The number of benzene rings is 2. The van der Waals surface area contributed by atoms with Crippen LogP contribution in [0.4, 0.5) is 5.82 Å². The molecule has 3 aromatic heterocycles. The number of imidazole rings is 1. The van der Waals surface area contributed by atoms with E-state index in [0.717, 1.165) is 22.0 Å². The molecule has 22 heteroatoms. The molecule has 2 aliphatic heterocycles. The molecule has 3 unspecified atom stereocenters. The van der Waals surface area contributed by atoms with E-state index < -0.39 is 79.4 Å². The van der Waals surface area contributed by atoms with Gasteiger partial charge in [0, 0.05) is 37.3 Å². The van der Waals surface area contributed by atoms with Gasteiger partial charge in [-0.2, -0.15) is 0 Å². The van der Waals surface area contributed by atoms with Crippen molar-refractivity contribution in [2.24, 2.45) is 5.92 Å². The van der Waals surface area contributed by atoms with Crippen molar-refractivity contribution >= 4 is 47.1 Å². The largest absolute Gasteiger partial charge is 0.427 e. The molecule has 5 aromatic rings. The monoisotopic (exact) mass is 839 g/mol. The second-order valence-corrected chi connectivity index (χ2v) is 17.4. The Labute approximate surface area is 332 Å². The van der Waals surface area contributed by atoms with Gasteiger partial charge in [0.2, 0.25) is 0 Å². The minimum Gasteiger partial charge on any atom is -0.427 e. The predicted molar refractivity (Wildman–Crippen MR) is 205 cm³/mol. The van der Waals surface area contributed by atoms with E-state index in [-0.39, 0.29) is 41.7 Å². The Bertz CT molecular complexity index is 2450. The van der Waals surface area contributed by atoms with Crippen LogP contribution in [0.2, 0.25) is 0 Å². The molecule has 0 radical (unpaired) electrons. The maximum atomic E-state index is 14.7. The van der Waals surface area contributed by atoms with Crippen LogP contribution in [-0.2, 0) is 33.6 Å². The van der Waals surface area contributed by atoms with E-state index in [1.54, 1.807) is 35.8 Å². The van der Waals surface area contributed by atoms with Crippen LogP contribution in [0, 0.1) is 5.92 Å². The number of esters is 2. The number of nitrogen functional groups attached to an aromatic ring is 1. The van der Waals surface area contributed by atoms with Gasteiger partial charge >= 0.3 is 24.4 Å². The molecule has 2 fully saturated rings. The van der Waals surface area contributed by atoms with Gasteiger partial charge in [-0.05, 0) is 53.3 Å². The van der Waals surface area contributed by atoms with Crippen molar-refractivity contribution in [1.82, 2.24) is 29.1 Å². The maximum absolute atomic E-state index is 14.7. The molecule has 2 saturated heterocycles. The lowest BCUT2D eigenvalue weighted by atomic mass is 10.0. The standard InChI is InChI=1S/C36H38N7O13PS/c1-19-31(26(14-44)55-34(19)42-12-11-28(47)41-36(42)49)56-57(50,51-15-27-25(46)13-29(54-27)43-18-40-30-32(37)38-17-39-33(30)43)58-16-21-3-7-24(8-4-21)53-35(48)22-5-9-23(10-6-22)52-20(2)45/h3-12,17-19,25-27,29,31,34,44,46H,13-16H2,1-2H3,(H2,37,38,39)(H,41,47,49)/t19-,25?,26+,27+,29+,31?,34+,57?/m0/s1. The van der Waals surface area contributed by atoms with E-state index in [0.29, 0.717) is 16.7 Å². The number of aromatic nitrogens is 6. The average Bonchev–Trinajstić information content (AvgIpc) is 3.89. The zero-order valence-corrected chi connectivity index (χ0v) is 32.6. The number of aromatic amines is 1. The van der Waals surface area contributed by atoms with Gasteiger partial charge in [0.25, 0.3) is 5.56 Å². The van der Waals surface area contributed by atoms with Crippen LogP contribution < -0.4 is 26.5 Å². The van der Waals surface area contributed by atoms with Crippen LogP contribution in [0.5, 0.6) is 11.5 Å². The molecular weight excluding hydrogens is 801 g/mol. The number of nitrogens with zero attached hydrogens (tertiary/aromatic N) is 5. The van der Waals surface area contributed by atoms with Gasteiger partial charge in [0.1, 0.15) is 54.1 Å². The van der Waals surface area contributed by atoms with Crippen LogP contribution in [-0.4, -0.2) is 88.9 Å². The Morgan fingerprint density at radius 3 is 2.43 bits per heavy atom. The lowest BCUT2D eigenvalue weighted by molar-refractivity contribution is -0.131. The Hall–Kier alpha value is -5.25. The summed E-state index contributed by atoms with van der Waals surface area (Å²) in [6, 6.07) is 13.4. The first-order valence-electron chi connectivity index (χ1n) is 17.8. The molecule has 7 rings (SSSR count). The minimum absolute atomic E-state index is 0.0660. The summed E-state index contributed by atoms with van der Waals surface area (Å²) in [4.78, 5) is 62.9. The molecule has 0 amide bonds. The summed E-state index contributed by atoms with van der Waals surface area (Å²) in [5.74, 6) is -1.07. The molecule has 2 aromatic carbocycles. The lowest BCUT2D eigenvalue weighted by Gasteiger charge is -2.27. The molecular formula is C36H38N7O13PS. The summed E-state index contributed by atoms with van der Waals surface area (Å²) in [7, 11) is 0. The molecule has 306 valence electrons. The Kier molecular flexibility index (Phi) is 12.2. The molecule has 0 aliphatic carbocycles. The van der Waals surface area contributed by atoms with Crippen molar-refractivity contribution in [2.75, 3.05) is 18.9 Å². The van der Waals surface area contributed by atoms with Gasteiger partial charge in [-0.15, -0.1) is 0 Å². The highest BCUT2D eigenvalue weighted by atomic mass is 32.7. The fraction of sp³-hybridized carbons (Fsp3) is 0.361. The summed E-state index contributed by atoms with van der Waals surface area (Å²) in [6.45, 7) is -2.24. The summed E-state index contributed by atoms with van der Waals surface area (Å²) in [5, 5.41) is 21.3. The number of hydrogen-bond acceptors (Lipinski definition) is 18. The first kappa shape index (κ1) is 40.9. The number of H-pyrrole nitrogens is 1. The van der Waals surface area contributed by atoms with Gasteiger partial charge in [-0.3, -0.25) is 32.8 Å². The van der Waals surface area contributed by atoms with Gasteiger partial charge < -0.3 is 34.9 Å². The summed E-state index contributed by atoms with van der Waals surface area (Å²) in [5.41, 5.74) is 6.20. The van der Waals surface area contributed by atoms with E-state index in [1.807, 2.05) is 0 Å². The van der Waals surface area contributed by atoms with Crippen LogP contribution >= 0.6 is 18.2 Å². The number of carbonyl (C=O) groups excluding carboxylic acids is 2. The quantitative estimate of drug-likeness (QED) is 0.0711. The average molecular weight is 840 g/mol. The first-order valence-corrected chi connectivity index (χ1v) is 21.0. The number of rotatable bonds is 14. The first-order chi connectivity index (χ1) is 27.8. The molecule has 58 heavy (non-hydrogen) atoms. The lowest BCUT2D eigenvalue weighted by Crippen LogP contribution is -2.34. The number of aliphatic hydroxyl groups is 2. The number of hydrogen-bond donors (Lipinski definition) is 4. The normalized spacial score (nSPS) is 24.1. The summed E-state index contributed by atoms with van der Waals surface area (Å²) >= 11 is 0.820. The molecule has 8 atom stereocenters. The third kappa shape index (κ3) is 9.06. The second kappa shape index (κ2) is 17.3. The van der Waals surface area contributed by atoms with Crippen molar-refractivity contribution in [3.63, 3.8) is 0 Å². The van der Waals surface area contributed by atoms with Crippen LogP contribution in [0.3, 0.4) is 0 Å². The molecule has 2 aliphatic rings. The van der Waals surface area contributed by atoms with E-state index in [1.165, 1.54) is 50.0 Å². The van der Waals surface area contributed by atoms with Gasteiger partial charge in [0.15, 0.2) is 11.5 Å². The van der Waals surface area contributed by atoms with Crippen molar-refractivity contribution in [3.05, 3.63) is 105 Å². The molecule has 20 nitrogen and oxygen atoms in total. The van der Waals surface area contributed by atoms with Crippen molar-refractivity contribution < 1.29 is 52.4 Å². The molecule has 0 saturated carbocycles. The molecule has 0 bridgehead atoms. The number of fused-ring (bicyclic) bond motifs is 1. The zero-order valence-electron chi connectivity index (χ0n) is 30.9.